The minimum atomic E-state index is -0.00829. The highest BCUT2D eigenvalue weighted by molar-refractivity contribution is 5.95. The number of carbonyl (C=O) groups is 1. The first-order valence-corrected chi connectivity index (χ1v) is 5.86. The maximum Gasteiger partial charge on any atom is 0.254 e. The number of isocyanates is 1. The largest absolute Gasteiger partial charge is 0.336 e. The third-order valence-electron chi connectivity index (χ3n) is 3.06. The van der Waals surface area contributed by atoms with Crippen molar-refractivity contribution in [1.29, 1.82) is 0 Å². The van der Waals surface area contributed by atoms with Crippen LogP contribution in [0.15, 0.2) is 29.3 Å². The van der Waals surface area contributed by atoms with Gasteiger partial charge in [0, 0.05) is 31.7 Å². The first-order valence-electron chi connectivity index (χ1n) is 5.86. The van der Waals surface area contributed by atoms with Crippen LogP contribution in [0.25, 0.3) is 0 Å². The van der Waals surface area contributed by atoms with Crippen LogP contribution < -0.4 is 0 Å². The van der Waals surface area contributed by atoms with Crippen molar-refractivity contribution >= 4 is 17.7 Å². The topological polar surface area (TPSA) is 53.0 Å². The third-order valence-corrected chi connectivity index (χ3v) is 3.06. The number of hydrogen-bond acceptors (Lipinski definition) is 4. The van der Waals surface area contributed by atoms with Gasteiger partial charge in [-0.1, -0.05) is 6.07 Å². The first-order chi connectivity index (χ1) is 8.70. The average Bonchev–Trinajstić information content (AvgIpc) is 2.39. The molecule has 1 aromatic rings. The van der Waals surface area contributed by atoms with Crippen LogP contribution in [0.2, 0.25) is 0 Å². The van der Waals surface area contributed by atoms with E-state index in [1.54, 1.807) is 24.3 Å². The van der Waals surface area contributed by atoms with Crippen LogP contribution in [0.4, 0.5) is 5.69 Å². The molecule has 1 saturated heterocycles. The van der Waals surface area contributed by atoms with Crippen molar-refractivity contribution < 1.29 is 9.59 Å². The van der Waals surface area contributed by atoms with E-state index in [-0.39, 0.29) is 5.91 Å². The van der Waals surface area contributed by atoms with Crippen LogP contribution in [0.3, 0.4) is 0 Å². The van der Waals surface area contributed by atoms with E-state index >= 15 is 0 Å². The molecule has 1 aromatic carbocycles. The number of aliphatic imine (C=N–C) groups is 1. The van der Waals surface area contributed by atoms with Gasteiger partial charge in [-0.3, -0.25) is 4.79 Å². The molecule has 0 aliphatic carbocycles. The fourth-order valence-electron chi connectivity index (χ4n) is 1.95. The summed E-state index contributed by atoms with van der Waals surface area (Å²) in [6.45, 7) is 3.24. The Morgan fingerprint density at radius 1 is 1.28 bits per heavy atom. The van der Waals surface area contributed by atoms with E-state index in [9.17, 15) is 9.59 Å². The Bertz CT molecular complexity index is 487. The van der Waals surface area contributed by atoms with Gasteiger partial charge in [-0.25, -0.2) is 4.79 Å². The van der Waals surface area contributed by atoms with Gasteiger partial charge in [0.05, 0.1) is 5.69 Å². The summed E-state index contributed by atoms with van der Waals surface area (Å²) in [5.74, 6) is -0.00829. The summed E-state index contributed by atoms with van der Waals surface area (Å²) in [7, 11) is 2.04. The molecule has 0 spiro atoms. The van der Waals surface area contributed by atoms with Gasteiger partial charge in [0.25, 0.3) is 5.91 Å². The summed E-state index contributed by atoms with van der Waals surface area (Å²) in [5.41, 5.74) is 1.03. The summed E-state index contributed by atoms with van der Waals surface area (Å²) in [6, 6.07) is 6.75. The van der Waals surface area contributed by atoms with Crippen LogP contribution in [0.5, 0.6) is 0 Å². The monoisotopic (exact) mass is 245 g/mol. The Morgan fingerprint density at radius 2 is 2.00 bits per heavy atom. The molecule has 1 heterocycles. The Kier molecular flexibility index (Phi) is 3.87. The third kappa shape index (κ3) is 2.83. The lowest BCUT2D eigenvalue weighted by atomic mass is 10.1. The molecule has 0 radical (unpaired) electrons. The summed E-state index contributed by atoms with van der Waals surface area (Å²) in [5, 5.41) is 0. The van der Waals surface area contributed by atoms with Crippen molar-refractivity contribution in [3.63, 3.8) is 0 Å². The summed E-state index contributed by atoms with van der Waals surface area (Å²) >= 11 is 0. The number of nitrogens with zero attached hydrogens (tertiary/aromatic N) is 3. The molecule has 5 heteroatoms. The summed E-state index contributed by atoms with van der Waals surface area (Å²) in [6.07, 6.45) is 1.48. The fourth-order valence-corrected chi connectivity index (χ4v) is 1.95. The van der Waals surface area contributed by atoms with Gasteiger partial charge in [-0.05, 0) is 25.2 Å². The molecule has 1 aliphatic rings. The predicted octanol–water partition coefficient (Wildman–Crippen LogP) is 1.04. The molecular weight excluding hydrogens is 230 g/mol. The highest BCUT2D eigenvalue weighted by Gasteiger charge is 2.20. The maximum atomic E-state index is 12.2. The Balaban J connectivity index is 2.13. The molecule has 0 atom stereocenters. The molecular formula is C13H15N3O2. The smallest absolute Gasteiger partial charge is 0.254 e. The van der Waals surface area contributed by atoms with Gasteiger partial charge >= 0.3 is 0 Å². The van der Waals surface area contributed by atoms with E-state index in [1.165, 1.54) is 6.08 Å². The maximum absolute atomic E-state index is 12.2. The minimum absolute atomic E-state index is 0.00829. The summed E-state index contributed by atoms with van der Waals surface area (Å²) in [4.78, 5) is 30.0. The predicted molar refractivity (Wildman–Crippen MR) is 67.6 cm³/mol. The van der Waals surface area contributed by atoms with Crippen LogP contribution in [0, 0.1) is 0 Å². The van der Waals surface area contributed by atoms with Gasteiger partial charge in [0.2, 0.25) is 6.08 Å². The van der Waals surface area contributed by atoms with E-state index in [4.69, 9.17) is 0 Å². The van der Waals surface area contributed by atoms with E-state index in [1.807, 2.05) is 11.9 Å². The van der Waals surface area contributed by atoms with Crippen molar-refractivity contribution in [3.05, 3.63) is 29.8 Å². The van der Waals surface area contributed by atoms with Crippen LogP contribution >= 0.6 is 0 Å². The molecule has 18 heavy (non-hydrogen) atoms. The lowest BCUT2D eigenvalue weighted by molar-refractivity contribution is 0.0664. The van der Waals surface area contributed by atoms with E-state index in [0.29, 0.717) is 11.3 Å². The number of likely N-dealkylation sites (N-methyl/N-ethyl adjacent to an activating group) is 1. The molecule has 1 aliphatic heterocycles. The fraction of sp³-hybridized carbons (Fsp3) is 0.385. The quantitative estimate of drug-likeness (QED) is 0.578. The second-order valence-electron chi connectivity index (χ2n) is 4.35. The van der Waals surface area contributed by atoms with Crippen molar-refractivity contribution in [1.82, 2.24) is 9.80 Å². The normalized spacial score (nSPS) is 16.2. The molecule has 94 valence electrons. The molecule has 2 rings (SSSR count). The van der Waals surface area contributed by atoms with Crippen molar-refractivity contribution in [2.45, 2.75) is 0 Å². The molecule has 0 N–H and O–H groups in total. The Morgan fingerprint density at radius 3 is 2.67 bits per heavy atom. The number of piperazine rings is 1. The number of carbonyl (C=O) groups excluding carboxylic acids is 2. The highest BCUT2D eigenvalue weighted by Crippen LogP contribution is 2.15. The van der Waals surface area contributed by atoms with Gasteiger partial charge in [0.1, 0.15) is 0 Å². The van der Waals surface area contributed by atoms with Crippen molar-refractivity contribution in [2.24, 2.45) is 4.99 Å². The second-order valence-corrected chi connectivity index (χ2v) is 4.35. The molecule has 0 aromatic heterocycles. The van der Waals surface area contributed by atoms with E-state index in [2.05, 4.69) is 9.89 Å². The van der Waals surface area contributed by atoms with Gasteiger partial charge in [-0.15, -0.1) is 0 Å². The standard InChI is InChI=1S/C13H15N3O2/c1-15-5-7-16(8-6-15)13(18)11-3-2-4-12(9-11)14-10-17/h2-4,9H,5-8H2,1H3. The highest BCUT2D eigenvalue weighted by atomic mass is 16.2. The Hall–Kier alpha value is -1.97. The van der Waals surface area contributed by atoms with Crippen molar-refractivity contribution in [2.75, 3.05) is 33.2 Å². The van der Waals surface area contributed by atoms with Crippen LogP contribution in [0.1, 0.15) is 10.4 Å². The second kappa shape index (κ2) is 5.58. The minimum Gasteiger partial charge on any atom is -0.336 e. The lowest BCUT2D eigenvalue weighted by Gasteiger charge is -2.32. The first kappa shape index (κ1) is 12.5. The zero-order chi connectivity index (χ0) is 13.0. The molecule has 5 nitrogen and oxygen atoms in total. The average molecular weight is 245 g/mol. The number of hydrogen-bond donors (Lipinski definition) is 0. The zero-order valence-corrected chi connectivity index (χ0v) is 10.3. The van der Waals surface area contributed by atoms with Gasteiger partial charge < -0.3 is 9.80 Å². The summed E-state index contributed by atoms with van der Waals surface area (Å²) < 4.78 is 0. The van der Waals surface area contributed by atoms with E-state index < -0.39 is 0 Å². The molecule has 1 amide bonds. The molecule has 0 saturated carbocycles. The zero-order valence-electron chi connectivity index (χ0n) is 10.3. The van der Waals surface area contributed by atoms with Crippen LogP contribution in [-0.4, -0.2) is 55.0 Å². The lowest BCUT2D eigenvalue weighted by Crippen LogP contribution is -2.47. The Labute approximate surface area is 106 Å². The molecule has 0 unspecified atom stereocenters. The number of rotatable bonds is 2. The molecule has 0 bridgehead atoms. The van der Waals surface area contributed by atoms with Crippen molar-refractivity contribution in [3.8, 4) is 0 Å². The van der Waals surface area contributed by atoms with Crippen LogP contribution in [-0.2, 0) is 4.79 Å². The SMILES string of the molecule is CN1CCN(C(=O)c2cccc(N=C=O)c2)CC1. The molecule has 1 fully saturated rings. The number of amides is 1. The van der Waals surface area contributed by atoms with E-state index in [0.717, 1.165) is 26.2 Å². The van der Waals surface area contributed by atoms with Gasteiger partial charge in [0.15, 0.2) is 0 Å². The number of benzene rings is 1. The van der Waals surface area contributed by atoms with Gasteiger partial charge in [-0.2, -0.15) is 4.99 Å².